The number of nitrogens with one attached hydrogen (secondary N) is 2. The van der Waals surface area contributed by atoms with Crippen molar-refractivity contribution in [3.05, 3.63) is 0 Å². The van der Waals surface area contributed by atoms with E-state index in [2.05, 4.69) is 17.6 Å². The molecule has 0 aliphatic heterocycles. The van der Waals surface area contributed by atoms with Crippen LogP contribution in [0.2, 0.25) is 0 Å². The lowest BCUT2D eigenvalue weighted by molar-refractivity contribution is -0.139. The first kappa shape index (κ1) is 16.8. The van der Waals surface area contributed by atoms with Crippen LogP contribution in [0.25, 0.3) is 0 Å². The summed E-state index contributed by atoms with van der Waals surface area (Å²) < 4.78 is 0. The fraction of sp³-hybridized carbons (Fsp3) is 0.867. The second-order valence-corrected chi connectivity index (χ2v) is 6.01. The van der Waals surface area contributed by atoms with E-state index in [1.807, 2.05) is 6.92 Å². The summed E-state index contributed by atoms with van der Waals surface area (Å²) in [5.41, 5.74) is 0. The van der Waals surface area contributed by atoms with Crippen molar-refractivity contribution in [1.29, 1.82) is 0 Å². The van der Waals surface area contributed by atoms with Gasteiger partial charge in [0, 0.05) is 6.54 Å². The van der Waals surface area contributed by atoms with Crippen molar-refractivity contribution in [3.63, 3.8) is 0 Å². The summed E-state index contributed by atoms with van der Waals surface area (Å²) in [4.78, 5) is 22.6. The average Bonchev–Trinajstić information content (AvgIpc) is 2.38. The van der Waals surface area contributed by atoms with Crippen molar-refractivity contribution in [2.45, 2.75) is 64.8 Å². The van der Waals surface area contributed by atoms with E-state index in [0.717, 1.165) is 18.8 Å². The molecule has 1 aliphatic rings. The Morgan fingerprint density at radius 3 is 2.70 bits per heavy atom. The summed E-state index contributed by atoms with van der Waals surface area (Å²) >= 11 is 0. The van der Waals surface area contributed by atoms with Crippen LogP contribution in [0.15, 0.2) is 0 Å². The molecule has 0 aromatic carbocycles. The molecule has 2 unspecified atom stereocenters. The van der Waals surface area contributed by atoms with E-state index in [0.29, 0.717) is 18.9 Å². The molecule has 20 heavy (non-hydrogen) atoms. The second-order valence-electron chi connectivity index (χ2n) is 6.01. The first-order valence-corrected chi connectivity index (χ1v) is 7.80. The molecule has 0 radical (unpaired) electrons. The minimum Gasteiger partial charge on any atom is -0.480 e. The average molecular weight is 284 g/mol. The van der Waals surface area contributed by atoms with Gasteiger partial charge in [-0.15, -0.1) is 0 Å². The zero-order valence-electron chi connectivity index (χ0n) is 12.7. The Kier molecular flexibility index (Phi) is 7.41. The predicted octanol–water partition coefficient (Wildman–Crippen LogP) is 2.76. The molecule has 0 aromatic heterocycles. The highest BCUT2D eigenvalue weighted by Gasteiger charge is 2.20. The maximum Gasteiger partial charge on any atom is 0.326 e. The van der Waals surface area contributed by atoms with Crippen molar-refractivity contribution < 1.29 is 14.7 Å². The smallest absolute Gasteiger partial charge is 0.326 e. The van der Waals surface area contributed by atoms with Crippen LogP contribution >= 0.6 is 0 Å². The lowest BCUT2D eigenvalue weighted by Crippen LogP contribution is -2.46. The first-order chi connectivity index (χ1) is 9.52. The number of rotatable bonds is 7. The van der Waals surface area contributed by atoms with E-state index >= 15 is 0 Å². The molecule has 3 N–H and O–H groups in total. The number of amides is 2. The minimum atomic E-state index is -0.969. The molecule has 0 aromatic rings. The Balaban J connectivity index is 2.20. The minimum absolute atomic E-state index is 0.366. The van der Waals surface area contributed by atoms with E-state index in [9.17, 15) is 9.59 Å². The van der Waals surface area contributed by atoms with Gasteiger partial charge in [0.1, 0.15) is 6.04 Å². The SMILES string of the molecule is CCC[C@H](NC(=O)NCCC1CCCC(C)C1)C(=O)O. The van der Waals surface area contributed by atoms with Crippen LogP contribution in [0.1, 0.15) is 58.8 Å². The first-order valence-electron chi connectivity index (χ1n) is 7.80. The fourth-order valence-electron chi connectivity index (χ4n) is 2.97. The molecule has 1 aliphatic carbocycles. The summed E-state index contributed by atoms with van der Waals surface area (Å²) in [5.74, 6) is 0.525. The topological polar surface area (TPSA) is 78.4 Å². The standard InChI is InChI=1S/C15H28N2O3/c1-3-5-13(14(18)19)17-15(20)16-9-8-12-7-4-6-11(2)10-12/h11-13H,3-10H2,1-2H3,(H,18,19)(H2,16,17,20)/t11?,12?,13-/m0/s1. The molecule has 1 saturated carbocycles. The molecule has 5 nitrogen and oxygen atoms in total. The van der Waals surface area contributed by atoms with Gasteiger partial charge < -0.3 is 15.7 Å². The molecule has 0 heterocycles. The summed E-state index contributed by atoms with van der Waals surface area (Å²) in [7, 11) is 0. The number of urea groups is 1. The van der Waals surface area contributed by atoms with Crippen molar-refractivity contribution in [2.75, 3.05) is 6.54 Å². The number of carbonyl (C=O) groups is 2. The Bertz CT molecular complexity index is 320. The second kappa shape index (κ2) is 8.82. The third-order valence-electron chi connectivity index (χ3n) is 4.06. The zero-order chi connectivity index (χ0) is 15.0. The van der Waals surface area contributed by atoms with Crippen molar-refractivity contribution >= 4 is 12.0 Å². The molecule has 0 bridgehead atoms. The molecular weight excluding hydrogens is 256 g/mol. The normalized spacial score (nSPS) is 23.9. The Labute approximate surface area is 121 Å². The number of hydrogen-bond acceptors (Lipinski definition) is 2. The van der Waals surface area contributed by atoms with Crippen LogP contribution in [-0.4, -0.2) is 29.7 Å². The highest BCUT2D eigenvalue weighted by atomic mass is 16.4. The van der Waals surface area contributed by atoms with Gasteiger partial charge in [0.15, 0.2) is 0 Å². The predicted molar refractivity (Wildman–Crippen MR) is 78.6 cm³/mol. The Hall–Kier alpha value is -1.26. The van der Waals surface area contributed by atoms with Crippen molar-refractivity contribution in [3.8, 4) is 0 Å². The molecule has 0 spiro atoms. The number of carboxylic acids is 1. The van der Waals surface area contributed by atoms with Crippen molar-refractivity contribution in [1.82, 2.24) is 10.6 Å². The van der Waals surface area contributed by atoms with E-state index in [-0.39, 0.29) is 6.03 Å². The van der Waals surface area contributed by atoms with Crippen molar-refractivity contribution in [2.24, 2.45) is 11.8 Å². The van der Waals surface area contributed by atoms with E-state index in [1.165, 1.54) is 25.7 Å². The van der Waals surface area contributed by atoms with Gasteiger partial charge in [0.2, 0.25) is 0 Å². The van der Waals surface area contributed by atoms with Gasteiger partial charge in [0.05, 0.1) is 0 Å². The summed E-state index contributed by atoms with van der Waals surface area (Å²) in [6.45, 7) is 4.82. The third kappa shape index (κ3) is 6.26. The van der Waals surface area contributed by atoms with Gasteiger partial charge in [-0.05, 0) is 31.1 Å². The highest BCUT2D eigenvalue weighted by Crippen LogP contribution is 2.30. The van der Waals surface area contributed by atoms with Gasteiger partial charge >= 0.3 is 12.0 Å². The van der Waals surface area contributed by atoms with Crippen LogP contribution in [0.4, 0.5) is 4.79 Å². The molecule has 1 fully saturated rings. The van der Waals surface area contributed by atoms with E-state index < -0.39 is 12.0 Å². The molecule has 2 amide bonds. The molecule has 1 rings (SSSR count). The van der Waals surface area contributed by atoms with Gasteiger partial charge in [-0.2, -0.15) is 0 Å². The molecular formula is C15H28N2O3. The summed E-state index contributed by atoms with van der Waals surface area (Å²) in [5, 5.41) is 14.3. The van der Waals surface area contributed by atoms with E-state index in [1.54, 1.807) is 0 Å². The van der Waals surface area contributed by atoms with Crippen LogP contribution in [0, 0.1) is 11.8 Å². The summed E-state index contributed by atoms with van der Waals surface area (Å²) in [6, 6.07) is -1.15. The number of carboxylic acid groups (broad SMARTS) is 1. The van der Waals surface area contributed by atoms with Crippen LogP contribution < -0.4 is 10.6 Å². The lowest BCUT2D eigenvalue weighted by atomic mass is 9.81. The van der Waals surface area contributed by atoms with Gasteiger partial charge in [-0.25, -0.2) is 9.59 Å². The monoisotopic (exact) mass is 284 g/mol. The number of aliphatic carboxylic acids is 1. The molecule has 0 saturated heterocycles. The van der Waals surface area contributed by atoms with Crippen LogP contribution in [0.5, 0.6) is 0 Å². The zero-order valence-corrected chi connectivity index (χ0v) is 12.7. The largest absolute Gasteiger partial charge is 0.480 e. The quantitative estimate of drug-likeness (QED) is 0.672. The van der Waals surface area contributed by atoms with Gasteiger partial charge in [0.25, 0.3) is 0 Å². The maximum atomic E-state index is 11.7. The Morgan fingerprint density at radius 1 is 1.35 bits per heavy atom. The lowest BCUT2D eigenvalue weighted by Gasteiger charge is -2.26. The Morgan fingerprint density at radius 2 is 2.10 bits per heavy atom. The van der Waals surface area contributed by atoms with Gasteiger partial charge in [-0.1, -0.05) is 39.5 Å². The molecule has 116 valence electrons. The summed E-state index contributed by atoms with van der Waals surface area (Å²) in [6.07, 6.45) is 7.29. The number of hydrogen-bond donors (Lipinski definition) is 3. The van der Waals surface area contributed by atoms with Gasteiger partial charge in [-0.3, -0.25) is 0 Å². The molecule has 3 atom stereocenters. The van der Waals surface area contributed by atoms with E-state index in [4.69, 9.17) is 5.11 Å². The maximum absolute atomic E-state index is 11.7. The third-order valence-corrected chi connectivity index (χ3v) is 4.06. The number of carbonyl (C=O) groups excluding carboxylic acids is 1. The molecule has 5 heteroatoms. The fourth-order valence-corrected chi connectivity index (χ4v) is 2.97. The van der Waals surface area contributed by atoms with Crippen LogP contribution in [0.3, 0.4) is 0 Å². The van der Waals surface area contributed by atoms with Crippen LogP contribution in [-0.2, 0) is 4.79 Å². The highest BCUT2D eigenvalue weighted by molar-refractivity contribution is 5.82.